The van der Waals surface area contributed by atoms with Crippen LogP contribution < -0.4 is 5.73 Å². The molecule has 0 saturated carbocycles. The lowest BCUT2D eigenvalue weighted by Crippen LogP contribution is -2.03. The zero-order valence-electron chi connectivity index (χ0n) is 7.77. The first-order valence-corrected chi connectivity index (χ1v) is 4.31. The van der Waals surface area contributed by atoms with E-state index in [0.29, 0.717) is 11.3 Å². The van der Waals surface area contributed by atoms with Crippen LogP contribution in [0, 0.1) is 0 Å². The number of benzene rings is 1. The Morgan fingerprint density at radius 1 is 1.40 bits per heavy atom. The molecule has 0 spiro atoms. The second-order valence-corrected chi connectivity index (χ2v) is 3.04. The van der Waals surface area contributed by atoms with Crippen molar-refractivity contribution >= 4 is 11.7 Å². The van der Waals surface area contributed by atoms with E-state index in [1.54, 1.807) is 24.4 Å². The molecule has 0 aliphatic rings. The molecular weight excluding hydrogens is 194 g/mol. The van der Waals surface area contributed by atoms with Crippen LogP contribution >= 0.6 is 0 Å². The Balaban J connectivity index is 2.59. The van der Waals surface area contributed by atoms with Crippen molar-refractivity contribution < 1.29 is 9.90 Å². The molecule has 0 bridgehead atoms. The first-order chi connectivity index (χ1) is 7.20. The van der Waals surface area contributed by atoms with Crippen LogP contribution in [0.15, 0.2) is 30.5 Å². The van der Waals surface area contributed by atoms with Crippen molar-refractivity contribution in [3.8, 4) is 11.3 Å². The summed E-state index contributed by atoms with van der Waals surface area (Å²) in [5, 5.41) is 15.4. The van der Waals surface area contributed by atoms with E-state index in [4.69, 9.17) is 10.8 Å². The highest BCUT2D eigenvalue weighted by Crippen LogP contribution is 2.26. The van der Waals surface area contributed by atoms with E-state index in [-0.39, 0.29) is 11.3 Å². The number of carboxylic acid groups (broad SMARTS) is 1. The quantitative estimate of drug-likeness (QED) is 0.642. The fourth-order valence-corrected chi connectivity index (χ4v) is 1.39. The lowest BCUT2D eigenvalue weighted by atomic mass is 10.1. The number of nitrogens with zero attached hydrogens (tertiary/aromatic N) is 1. The van der Waals surface area contributed by atoms with Crippen molar-refractivity contribution in [1.82, 2.24) is 10.2 Å². The van der Waals surface area contributed by atoms with Crippen molar-refractivity contribution in [2.45, 2.75) is 0 Å². The molecule has 5 nitrogen and oxygen atoms in total. The number of rotatable bonds is 2. The molecule has 0 fully saturated rings. The van der Waals surface area contributed by atoms with Gasteiger partial charge in [0.25, 0.3) is 0 Å². The molecule has 0 radical (unpaired) electrons. The molecule has 0 saturated heterocycles. The van der Waals surface area contributed by atoms with Crippen LogP contribution in [0.5, 0.6) is 0 Å². The van der Waals surface area contributed by atoms with Crippen LogP contribution in [-0.2, 0) is 0 Å². The number of carboxylic acids is 1. The van der Waals surface area contributed by atoms with E-state index >= 15 is 0 Å². The molecule has 0 atom stereocenters. The second-order valence-electron chi connectivity index (χ2n) is 3.04. The normalized spacial score (nSPS) is 10.1. The zero-order chi connectivity index (χ0) is 10.8. The lowest BCUT2D eigenvalue weighted by Gasteiger charge is -2.05. The number of aromatic amines is 1. The summed E-state index contributed by atoms with van der Waals surface area (Å²) >= 11 is 0. The summed E-state index contributed by atoms with van der Waals surface area (Å²) in [6, 6.07) is 6.60. The predicted molar refractivity (Wildman–Crippen MR) is 55.4 cm³/mol. The molecule has 0 unspecified atom stereocenters. The van der Waals surface area contributed by atoms with Crippen molar-refractivity contribution in [2.75, 3.05) is 5.73 Å². The summed E-state index contributed by atoms with van der Waals surface area (Å²) in [6.45, 7) is 0. The molecule has 0 amide bonds. The first kappa shape index (κ1) is 9.26. The highest BCUT2D eigenvalue weighted by Gasteiger charge is 2.12. The third-order valence-corrected chi connectivity index (χ3v) is 2.13. The molecule has 0 aliphatic carbocycles. The molecule has 15 heavy (non-hydrogen) atoms. The van der Waals surface area contributed by atoms with Gasteiger partial charge >= 0.3 is 5.97 Å². The number of carbonyl (C=O) groups is 1. The van der Waals surface area contributed by atoms with Gasteiger partial charge < -0.3 is 10.8 Å². The topological polar surface area (TPSA) is 92.0 Å². The number of aromatic carboxylic acids is 1. The molecule has 1 heterocycles. The summed E-state index contributed by atoms with van der Waals surface area (Å²) in [4.78, 5) is 10.8. The Labute approximate surface area is 85.5 Å². The monoisotopic (exact) mass is 203 g/mol. The Kier molecular flexibility index (Phi) is 2.13. The Bertz CT molecular complexity index is 491. The Morgan fingerprint density at radius 2 is 2.20 bits per heavy atom. The number of aromatic nitrogens is 2. The van der Waals surface area contributed by atoms with Gasteiger partial charge in [0, 0.05) is 11.8 Å². The standard InChI is InChI=1S/C10H9N3O2/c11-9-6(8-4-5-12-13-8)2-1-3-7(9)10(14)15/h1-5H,11H2,(H,12,13)(H,14,15). The molecule has 2 rings (SSSR count). The van der Waals surface area contributed by atoms with Crippen LogP contribution in [-0.4, -0.2) is 21.3 Å². The minimum Gasteiger partial charge on any atom is -0.478 e. The van der Waals surface area contributed by atoms with Gasteiger partial charge in [-0.3, -0.25) is 5.10 Å². The molecular formula is C10H9N3O2. The van der Waals surface area contributed by atoms with Gasteiger partial charge in [0.05, 0.1) is 16.9 Å². The summed E-state index contributed by atoms with van der Waals surface area (Å²) in [7, 11) is 0. The summed E-state index contributed by atoms with van der Waals surface area (Å²) in [5.74, 6) is -1.03. The number of hydrogen-bond donors (Lipinski definition) is 3. The number of nitrogens with one attached hydrogen (secondary N) is 1. The molecule has 4 N–H and O–H groups in total. The van der Waals surface area contributed by atoms with Crippen molar-refractivity contribution in [2.24, 2.45) is 0 Å². The largest absolute Gasteiger partial charge is 0.478 e. The van der Waals surface area contributed by atoms with E-state index in [9.17, 15) is 4.79 Å². The number of anilines is 1. The van der Waals surface area contributed by atoms with Gasteiger partial charge in [0.2, 0.25) is 0 Å². The second kappa shape index (κ2) is 3.45. The minimum atomic E-state index is -1.03. The van der Waals surface area contributed by atoms with Crippen molar-refractivity contribution in [3.63, 3.8) is 0 Å². The number of hydrogen-bond acceptors (Lipinski definition) is 3. The fourth-order valence-electron chi connectivity index (χ4n) is 1.39. The number of nitrogen functional groups attached to an aromatic ring is 1. The number of para-hydroxylation sites is 1. The number of nitrogens with two attached hydrogens (primary N) is 1. The third kappa shape index (κ3) is 1.54. The van der Waals surface area contributed by atoms with Gasteiger partial charge in [-0.25, -0.2) is 4.79 Å². The van der Waals surface area contributed by atoms with E-state index in [1.807, 2.05) is 0 Å². The van der Waals surface area contributed by atoms with Crippen LogP contribution in [0.1, 0.15) is 10.4 Å². The van der Waals surface area contributed by atoms with Crippen LogP contribution in [0.25, 0.3) is 11.3 Å². The van der Waals surface area contributed by atoms with E-state index in [0.717, 1.165) is 0 Å². The van der Waals surface area contributed by atoms with Gasteiger partial charge in [0.15, 0.2) is 0 Å². The molecule has 0 aliphatic heterocycles. The van der Waals surface area contributed by atoms with Gasteiger partial charge in [0.1, 0.15) is 0 Å². The molecule has 1 aromatic carbocycles. The SMILES string of the molecule is Nc1c(C(=O)O)cccc1-c1ccn[nH]1. The maximum atomic E-state index is 10.8. The lowest BCUT2D eigenvalue weighted by molar-refractivity contribution is 0.0698. The van der Waals surface area contributed by atoms with Crippen LogP contribution in [0.3, 0.4) is 0 Å². The average Bonchev–Trinajstić information content (AvgIpc) is 2.70. The van der Waals surface area contributed by atoms with E-state index < -0.39 is 5.97 Å². The van der Waals surface area contributed by atoms with Crippen molar-refractivity contribution in [1.29, 1.82) is 0 Å². The fraction of sp³-hybridized carbons (Fsp3) is 0. The molecule has 76 valence electrons. The molecule has 5 heteroatoms. The van der Waals surface area contributed by atoms with Gasteiger partial charge in [-0.15, -0.1) is 0 Å². The van der Waals surface area contributed by atoms with Crippen molar-refractivity contribution in [3.05, 3.63) is 36.0 Å². The van der Waals surface area contributed by atoms with E-state index in [1.165, 1.54) is 6.07 Å². The summed E-state index contributed by atoms with van der Waals surface area (Å²) in [5.41, 5.74) is 7.44. The Hall–Kier alpha value is -2.30. The first-order valence-electron chi connectivity index (χ1n) is 4.31. The van der Waals surface area contributed by atoms with Gasteiger partial charge in [-0.2, -0.15) is 5.10 Å². The highest BCUT2D eigenvalue weighted by molar-refractivity contribution is 5.97. The highest BCUT2D eigenvalue weighted by atomic mass is 16.4. The number of H-pyrrole nitrogens is 1. The smallest absolute Gasteiger partial charge is 0.337 e. The average molecular weight is 203 g/mol. The Morgan fingerprint density at radius 3 is 2.80 bits per heavy atom. The third-order valence-electron chi connectivity index (χ3n) is 2.13. The van der Waals surface area contributed by atoms with E-state index in [2.05, 4.69) is 10.2 Å². The van der Waals surface area contributed by atoms with Crippen LogP contribution in [0.2, 0.25) is 0 Å². The van der Waals surface area contributed by atoms with Crippen LogP contribution in [0.4, 0.5) is 5.69 Å². The molecule has 1 aromatic heterocycles. The minimum absolute atomic E-state index is 0.0992. The summed E-state index contributed by atoms with van der Waals surface area (Å²) < 4.78 is 0. The molecule has 2 aromatic rings. The maximum absolute atomic E-state index is 10.8. The predicted octanol–water partition coefficient (Wildman–Crippen LogP) is 1.36. The van der Waals surface area contributed by atoms with Gasteiger partial charge in [-0.1, -0.05) is 12.1 Å². The summed E-state index contributed by atoms with van der Waals surface area (Å²) in [6.07, 6.45) is 1.59. The van der Waals surface area contributed by atoms with Gasteiger partial charge in [-0.05, 0) is 12.1 Å². The zero-order valence-corrected chi connectivity index (χ0v) is 7.77. The maximum Gasteiger partial charge on any atom is 0.337 e.